The third kappa shape index (κ3) is 2.87. The van der Waals surface area contributed by atoms with Crippen LogP contribution in [0.3, 0.4) is 0 Å². The summed E-state index contributed by atoms with van der Waals surface area (Å²) in [6, 6.07) is 3.10. The van der Waals surface area contributed by atoms with Gasteiger partial charge in [-0.15, -0.1) is 0 Å². The number of rotatable bonds is 2. The van der Waals surface area contributed by atoms with Crippen LogP contribution in [-0.4, -0.2) is 35.2 Å². The summed E-state index contributed by atoms with van der Waals surface area (Å²) < 4.78 is 0. The predicted octanol–water partition coefficient (Wildman–Crippen LogP) is 2.55. The number of aliphatic hydroxyl groups is 1. The number of hydrogen-bond donors (Lipinski definition) is 1. The third-order valence-electron chi connectivity index (χ3n) is 4.98. The lowest BCUT2D eigenvalue weighted by Crippen LogP contribution is -2.52. The van der Waals surface area contributed by atoms with Crippen LogP contribution in [0.25, 0.3) is 0 Å². The largest absolute Gasteiger partial charge is 0.391 e. The highest BCUT2D eigenvalue weighted by atomic mass is 16.3. The summed E-state index contributed by atoms with van der Waals surface area (Å²) in [6.07, 6.45) is 7.48. The molecule has 3 nitrogen and oxygen atoms in total. The SMILES string of the molecule is CC1CCC(C#N)C(N(C)C2CCCCC2O)C1. The minimum Gasteiger partial charge on any atom is -0.391 e. The van der Waals surface area contributed by atoms with Gasteiger partial charge in [-0.3, -0.25) is 4.90 Å². The Kier molecular flexibility index (Phi) is 4.64. The average Bonchev–Trinajstić information content (AvgIpc) is 2.38. The van der Waals surface area contributed by atoms with Crippen LogP contribution in [0.15, 0.2) is 0 Å². The maximum Gasteiger partial charge on any atom is 0.0695 e. The first-order chi connectivity index (χ1) is 8.63. The standard InChI is InChI=1S/C15H26N2O/c1-11-7-8-12(10-16)14(9-11)17(2)13-5-3-4-6-15(13)18/h11-15,18H,3-9H2,1-2H3. The Bertz CT molecular complexity index is 312. The van der Waals surface area contributed by atoms with E-state index in [2.05, 4.69) is 24.9 Å². The van der Waals surface area contributed by atoms with Crippen molar-refractivity contribution in [1.82, 2.24) is 4.90 Å². The van der Waals surface area contributed by atoms with Crippen LogP contribution in [0.2, 0.25) is 0 Å². The van der Waals surface area contributed by atoms with Gasteiger partial charge in [0.15, 0.2) is 0 Å². The quantitative estimate of drug-likeness (QED) is 0.819. The van der Waals surface area contributed by atoms with E-state index in [-0.39, 0.29) is 18.1 Å². The van der Waals surface area contributed by atoms with Gasteiger partial charge >= 0.3 is 0 Å². The lowest BCUT2D eigenvalue weighted by atomic mass is 9.77. The summed E-state index contributed by atoms with van der Waals surface area (Å²) in [5.74, 6) is 0.864. The molecule has 0 amide bonds. The molecule has 1 N–H and O–H groups in total. The van der Waals surface area contributed by atoms with Gasteiger partial charge in [-0.25, -0.2) is 0 Å². The van der Waals surface area contributed by atoms with E-state index in [0.29, 0.717) is 12.0 Å². The van der Waals surface area contributed by atoms with Gasteiger partial charge in [-0.05, 0) is 45.1 Å². The molecule has 2 rings (SSSR count). The molecule has 0 aromatic carbocycles. The Morgan fingerprint density at radius 3 is 2.50 bits per heavy atom. The lowest BCUT2D eigenvalue weighted by Gasteiger charge is -2.44. The van der Waals surface area contributed by atoms with E-state index in [1.807, 2.05) is 0 Å². The molecular weight excluding hydrogens is 224 g/mol. The Balaban J connectivity index is 2.05. The molecule has 102 valence electrons. The zero-order valence-electron chi connectivity index (χ0n) is 11.7. The Labute approximate surface area is 111 Å². The molecule has 2 aliphatic carbocycles. The van der Waals surface area contributed by atoms with Crippen LogP contribution in [0.4, 0.5) is 0 Å². The zero-order chi connectivity index (χ0) is 13.1. The van der Waals surface area contributed by atoms with Crippen molar-refractivity contribution in [2.75, 3.05) is 7.05 Å². The number of likely N-dealkylation sites (N-methyl/N-ethyl adjacent to an activating group) is 1. The van der Waals surface area contributed by atoms with Crippen molar-refractivity contribution >= 4 is 0 Å². The first kappa shape index (κ1) is 13.8. The molecule has 2 saturated carbocycles. The summed E-state index contributed by atoms with van der Waals surface area (Å²) >= 11 is 0. The summed E-state index contributed by atoms with van der Waals surface area (Å²) in [6.45, 7) is 2.28. The molecule has 0 radical (unpaired) electrons. The molecule has 0 aliphatic heterocycles. The van der Waals surface area contributed by atoms with Crippen LogP contribution < -0.4 is 0 Å². The second kappa shape index (κ2) is 6.04. The minimum absolute atomic E-state index is 0.153. The Morgan fingerprint density at radius 2 is 1.83 bits per heavy atom. The predicted molar refractivity (Wildman–Crippen MR) is 71.9 cm³/mol. The van der Waals surface area contributed by atoms with Gasteiger partial charge in [0.1, 0.15) is 0 Å². The fourth-order valence-corrected chi connectivity index (χ4v) is 3.76. The lowest BCUT2D eigenvalue weighted by molar-refractivity contribution is -0.00834. The van der Waals surface area contributed by atoms with Crippen molar-refractivity contribution in [2.45, 2.75) is 70.1 Å². The maximum atomic E-state index is 10.2. The Morgan fingerprint density at radius 1 is 1.11 bits per heavy atom. The summed E-state index contributed by atoms with van der Waals surface area (Å²) in [5, 5.41) is 19.5. The molecule has 0 saturated heterocycles. The van der Waals surface area contributed by atoms with E-state index < -0.39 is 0 Å². The van der Waals surface area contributed by atoms with Crippen LogP contribution in [0, 0.1) is 23.2 Å². The molecule has 0 bridgehead atoms. The van der Waals surface area contributed by atoms with Crippen molar-refractivity contribution in [2.24, 2.45) is 11.8 Å². The fourth-order valence-electron chi connectivity index (χ4n) is 3.76. The topological polar surface area (TPSA) is 47.3 Å². The highest BCUT2D eigenvalue weighted by Crippen LogP contribution is 2.34. The van der Waals surface area contributed by atoms with E-state index in [9.17, 15) is 10.4 Å². The summed E-state index contributed by atoms with van der Waals surface area (Å²) in [4.78, 5) is 2.33. The van der Waals surface area contributed by atoms with E-state index in [1.54, 1.807) is 0 Å². The first-order valence-electron chi connectivity index (χ1n) is 7.43. The van der Waals surface area contributed by atoms with Crippen molar-refractivity contribution in [1.29, 1.82) is 5.26 Å². The second-order valence-corrected chi connectivity index (χ2v) is 6.31. The first-order valence-corrected chi connectivity index (χ1v) is 7.43. The molecule has 2 aliphatic rings. The van der Waals surface area contributed by atoms with Crippen LogP contribution in [0.1, 0.15) is 51.9 Å². The monoisotopic (exact) mass is 250 g/mol. The molecule has 5 atom stereocenters. The van der Waals surface area contributed by atoms with Gasteiger partial charge in [0.25, 0.3) is 0 Å². The number of hydrogen-bond acceptors (Lipinski definition) is 3. The van der Waals surface area contributed by atoms with Gasteiger partial charge in [0.2, 0.25) is 0 Å². The van der Waals surface area contributed by atoms with Gasteiger partial charge in [-0.1, -0.05) is 19.8 Å². The van der Waals surface area contributed by atoms with E-state index in [1.165, 1.54) is 12.8 Å². The third-order valence-corrected chi connectivity index (χ3v) is 4.98. The van der Waals surface area contributed by atoms with E-state index in [0.717, 1.165) is 32.1 Å². The van der Waals surface area contributed by atoms with Crippen molar-refractivity contribution in [3.63, 3.8) is 0 Å². The summed E-state index contributed by atoms with van der Waals surface area (Å²) in [7, 11) is 2.12. The normalized spacial score (nSPS) is 41.6. The van der Waals surface area contributed by atoms with E-state index >= 15 is 0 Å². The van der Waals surface area contributed by atoms with Crippen molar-refractivity contribution in [3.05, 3.63) is 0 Å². The molecule has 3 heteroatoms. The van der Waals surface area contributed by atoms with Gasteiger partial charge in [0, 0.05) is 12.1 Å². The highest BCUT2D eigenvalue weighted by molar-refractivity contribution is 4.99. The van der Waals surface area contributed by atoms with E-state index in [4.69, 9.17) is 0 Å². The molecule has 0 aromatic heterocycles. The van der Waals surface area contributed by atoms with Crippen molar-refractivity contribution < 1.29 is 5.11 Å². The van der Waals surface area contributed by atoms with Gasteiger partial charge in [-0.2, -0.15) is 5.26 Å². The molecule has 2 fully saturated rings. The molecule has 18 heavy (non-hydrogen) atoms. The molecular formula is C15H26N2O. The number of aliphatic hydroxyl groups excluding tert-OH is 1. The second-order valence-electron chi connectivity index (χ2n) is 6.31. The molecule has 0 spiro atoms. The number of nitrogens with zero attached hydrogens (tertiary/aromatic N) is 2. The zero-order valence-corrected chi connectivity index (χ0v) is 11.7. The molecule has 0 aromatic rings. The molecule has 0 heterocycles. The summed E-state index contributed by atoms with van der Waals surface area (Å²) in [5.41, 5.74) is 0. The highest BCUT2D eigenvalue weighted by Gasteiger charge is 2.37. The Hall–Kier alpha value is -0.590. The minimum atomic E-state index is -0.194. The van der Waals surface area contributed by atoms with Crippen molar-refractivity contribution in [3.8, 4) is 6.07 Å². The van der Waals surface area contributed by atoms with Gasteiger partial charge < -0.3 is 5.11 Å². The fraction of sp³-hybridized carbons (Fsp3) is 0.933. The average molecular weight is 250 g/mol. The smallest absolute Gasteiger partial charge is 0.0695 e. The van der Waals surface area contributed by atoms with Crippen LogP contribution in [0.5, 0.6) is 0 Å². The number of nitriles is 1. The van der Waals surface area contributed by atoms with Crippen LogP contribution in [-0.2, 0) is 0 Å². The maximum absolute atomic E-state index is 10.2. The van der Waals surface area contributed by atoms with Gasteiger partial charge in [0.05, 0.1) is 18.1 Å². The van der Waals surface area contributed by atoms with Crippen LogP contribution >= 0.6 is 0 Å². The molecule has 5 unspecified atom stereocenters.